The van der Waals surface area contributed by atoms with Crippen LogP contribution in [0.5, 0.6) is 23.0 Å². The number of carbonyl (C=O) groups excluding carboxylic acids is 4. The van der Waals surface area contributed by atoms with Crippen LogP contribution in [0.25, 0.3) is 0 Å². The summed E-state index contributed by atoms with van der Waals surface area (Å²) in [5, 5.41) is 54.9. The molecule has 2 N–H and O–H groups in total. The molecule has 2 atom stereocenters. The molecule has 0 aromatic heterocycles. The summed E-state index contributed by atoms with van der Waals surface area (Å²) in [4.78, 5) is 52.2. The topological polar surface area (TPSA) is 210 Å². The Morgan fingerprint density at radius 1 is 0.541 bits per heavy atom. The first-order valence-corrected chi connectivity index (χ1v) is 26.3. The second kappa shape index (κ2) is 26.1. The van der Waals surface area contributed by atoms with Gasteiger partial charge in [0.25, 0.3) is 0 Å². The summed E-state index contributed by atoms with van der Waals surface area (Å²) < 4.78 is 12.4. The number of fused-ring (bicyclic) bond motifs is 4. The van der Waals surface area contributed by atoms with E-state index in [1.807, 2.05) is 26.2 Å². The van der Waals surface area contributed by atoms with Gasteiger partial charge in [0.05, 0.1) is 23.9 Å². The molecule has 4 aromatic rings. The van der Waals surface area contributed by atoms with Crippen LogP contribution in [0.1, 0.15) is 180 Å². The second-order valence-corrected chi connectivity index (χ2v) is 23.2. The average Bonchev–Trinajstić information content (AvgIpc) is 3.29. The Morgan fingerprint density at radius 2 is 0.986 bits per heavy atom. The van der Waals surface area contributed by atoms with Crippen molar-refractivity contribution in [2.45, 2.75) is 144 Å². The molecule has 0 saturated carbocycles. The number of nitrogens with one attached hydrogen (secondary N) is 2. The lowest BCUT2D eigenvalue weighted by molar-refractivity contribution is -0.256. The lowest BCUT2D eigenvalue weighted by Crippen LogP contribution is -2.37. The van der Waals surface area contributed by atoms with E-state index in [1.54, 1.807) is 18.2 Å². The lowest BCUT2D eigenvalue weighted by Gasteiger charge is -2.29. The molecule has 404 valence electrons. The number of carboxylic acids is 4. The summed E-state index contributed by atoms with van der Waals surface area (Å²) in [5.74, 6) is -2.07. The molecular weight excluding hydrogens is 937 g/mol. The minimum atomic E-state index is -1.28. The number of benzene rings is 4. The molecule has 2 heterocycles. The quantitative estimate of drug-likeness (QED) is 0.0677. The molecule has 0 spiro atoms. The van der Waals surface area contributed by atoms with Crippen LogP contribution >= 0.6 is 0 Å². The minimum Gasteiger partial charge on any atom is -0.545 e. The highest BCUT2D eigenvalue weighted by Gasteiger charge is 2.28. The van der Waals surface area contributed by atoms with Crippen LogP contribution in [0.4, 0.5) is 0 Å². The number of aromatic carboxylic acids is 4. The normalized spacial score (nSPS) is 13.6. The molecule has 0 amide bonds. The Hall–Kier alpha value is -5.80. The predicted molar refractivity (Wildman–Crippen MR) is 282 cm³/mol. The Kier molecular flexibility index (Phi) is 20.8. The molecule has 6 rings (SSSR count). The first-order valence-electron chi connectivity index (χ1n) is 26.3. The van der Waals surface area contributed by atoms with Crippen LogP contribution in [0.2, 0.25) is 0 Å². The van der Waals surface area contributed by atoms with Gasteiger partial charge < -0.3 is 69.5 Å². The highest BCUT2D eigenvalue weighted by Crippen LogP contribution is 2.44. The number of ether oxygens (including phenoxy) is 2. The molecule has 4 aromatic carbocycles. The second-order valence-electron chi connectivity index (χ2n) is 23.2. The summed E-state index contributed by atoms with van der Waals surface area (Å²) in [6.45, 7) is 20.5. The maximum atomic E-state index is 12.6. The van der Waals surface area contributed by atoms with Crippen LogP contribution in [-0.2, 0) is 38.5 Å². The van der Waals surface area contributed by atoms with E-state index in [9.17, 15) is 39.6 Å². The summed E-state index contributed by atoms with van der Waals surface area (Å²) in [6.07, 6.45) is 8.84. The van der Waals surface area contributed by atoms with Crippen molar-refractivity contribution in [1.29, 1.82) is 0 Å². The third-order valence-corrected chi connectivity index (χ3v) is 13.6. The van der Waals surface area contributed by atoms with E-state index < -0.39 is 23.9 Å². The summed E-state index contributed by atoms with van der Waals surface area (Å²) in [7, 11) is 8.21. The van der Waals surface area contributed by atoms with Gasteiger partial charge >= 0.3 is 0 Å². The number of rotatable bonds is 24. The van der Waals surface area contributed by atoms with E-state index in [0.29, 0.717) is 72.1 Å². The lowest BCUT2D eigenvalue weighted by atomic mass is 9.82. The Morgan fingerprint density at radius 3 is 1.45 bits per heavy atom. The van der Waals surface area contributed by atoms with Crippen molar-refractivity contribution in [2.24, 2.45) is 11.8 Å². The molecule has 74 heavy (non-hydrogen) atoms. The van der Waals surface area contributed by atoms with Gasteiger partial charge in [0.2, 0.25) is 0 Å². The van der Waals surface area contributed by atoms with E-state index in [2.05, 4.69) is 89.9 Å². The van der Waals surface area contributed by atoms with Gasteiger partial charge in [-0.05, 0) is 265 Å². The van der Waals surface area contributed by atoms with E-state index in [1.165, 1.54) is 18.2 Å². The molecule has 14 nitrogen and oxygen atoms in total. The van der Waals surface area contributed by atoms with Crippen molar-refractivity contribution in [3.63, 3.8) is 0 Å². The van der Waals surface area contributed by atoms with Crippen molar-refractivity contribution in [3.8, 4) is 23.0 Å². The first kappa shape index (κ1) is 59.1. The molecule has 0 aliphatic carbocycles. The fourth-order valence-corrected chi connectivity index (χ4v) is 9.97. The summed E-state index contributed by atoms with van der Waals surface area (Å²) in [5.41, 5.74) is 6.49. The van der Waals surface area contributed by atoms with Gasteiger partial charge in [-0.15, -0.1) is 0 Å². The zero-order valence-electron chi connectivity index (χ0n) is 46.1. The highest BCUT2D eigenvalue weighted by atomic mass is 16.5. The van der Waals surface area contributed by atoms with Gasteiger partial charge in [-0.3, -0.25) is 0 Å². The number of hydrogen-bond donors (Lipinski definition) is 2. The zero-order valence-corrected chi connectivity index (χ0v) is 46.1. The van der Waals surface area contributed by atoms with Crippen LogP contribution in [0, 0.1) is 11.8 Å². The van der Waals surface area contributed by atoms with Crippen LogP contribution < -0.4 is 40.5 Å². The van der Waals surface area contributed by atoms with Crippen molar-refractivity contribution in [3.05, 3.63) is 115 Å². The fourth-order valence-electron chi connectivity index (χ4n) is 9.97. The van der Waals surface area contributed by atoms with Gasteiger partial charge in [0, 0.05) is 46.2 Å². The molecule has 2 aliphatic heterocycles. The molecule has 2 aliphatic rings. The third kappa shape index (κ3) is 17.1. The van der Waals surface area contributed by atoms with E-state index in [-0.39, 0.29) is 45.7 Å². The monoisotopic (exact) mass is 1020 g/mol. The number of nitrogens with zero attached hydrogens (tertiary/aromatic N) is 2. The minimum absolute atomic E-state index is 0.00456. The average molecular weight is 1020 g/mol. The van der Waals surface area contributed by atoms with E-state index in [0.717, 1.165) is 98.1 Å². The van der Waals surface area contributed by atoms with Crippen LogP contribution in [-0.4, -0.2) is 99.1 Å². The van der Waals surface area contributed by atoms with E-state index in [4.69, 9.17) is 9.47 Å². The number of carboxylic acid groups (broad SMARTS) is 4. The number of carbonyl (C=O) groups is 4. The zero-order chi connectivity index (χ0) is 54.7. The molecule has 0 bridgehead atoms. The van der Waals surface area contributed by atoms with Crippen molar-refractivity contribution >= 4 is 23.9 Å². The molecule has 14 heteroatoms. The fraction of sp³-hybridized carbons (Fsp3) is 0.533. The van der Waals surface area contributed by atoms with Crippen molar-refractivity contribution in [2.75, 3.05) is 54.4 Å². The smallest absolute Gasteiger partial charge is 0.131 e. The van der Waals surface area contributed by atoms with Crippen LogP contribution in [0.3, 0.4) is 0 Å². The van der Waals surface area contributed by atoms with Crippen molar-refractivity contribution in [1.82, 2.24) is 20.4 Å². The molecule has 0 saturated heterocycles. The molecule has 0 fully saturated rings. The first-order chi connectivity index (χ1) is 34.7. The predicted octanol–water partition coefficient (Wildman–Crippen LogP) is 5.90. The van der Waals surface area contributed by atoms with Gasteiger partial charge in [0.15, 0.2) is 0 Å². The van der Waals surface area contributed by atoms with Crippen molar-refractivity contribution < 1.29 is 49.1 Å². The van der Waals surface area contributed by atoms with Gasteiger partial charge in [-0.2, -0.15) is 0 Å². The summed E-state index contributed by atoms with van der Waals surface area (Å²) in [6, 6.07) is 13.1. The molecule has 0 radical (unpaired) electrons. The SMILES string of the molecule is CC(C)(C)NCCCc1cc2c(c(C(=O)[O-])c1CCCNC(C)(C)C)Cc1cc(C(=O)[O-])ccc1O2.CC(CCCN(C)C)Cc1cc2c(c(CC(C)CCCN(C)C)c1C(=O)[O-])Cc1cc(C(=O)[O-])ccc1O2. The van der Waals surface area contributed by atoms with Gasteiger partial charge in [0.1, 0.15) is 23.0 Å². The maximum absolute atomic E-state index is 12.6. The molecular formula is C60H80N4O10-4. The van der Waals surface area contributed by atoms with Gasteiger partial charge in [-0.1, -0.05) is 13.8 Å². The third-order valence-electron chi connectivity index (χ3n) is 13.6. The molecule has 2 unspecified atom stereocenters. The largest absolute Gasteiger partial charge is 0.545 e. The standard InChI is InChI=1S/C31H44N2O5.C29H40N2O5/c1-20(9-7-13-32(3)4)15-24-19-28-25(18-23-17-22(30(34)35)11-12-27(23)38-28)26(29(24)31(36)37)16-21(2)10-8-14-33(5)6;1-28(2,3)30-13-7-9-18-17-24-22(16-20-15-19(26(32)33)11-12-23(20)36-24)25(27(34)35)21(18)10-8-14-31-29(4,5)6/h11-12,17,19-21H,7-10,13-16,18H2,1-6H3,(H,34,35)(H,36,37);11-12,15,17,30-31H,7-10,13-14,16H2,1-6H3,(H,32,33)(H,34,35)/p-4. The Balaban J connectivity index is 0.000000274. The van der Waals surface area contributed by atoms with Crippen LogP contribution in [0.15, 0.2) is 48.5 Å². The highest BCUT2D eigenvalue weighted by molar-refractivity contribution is 5.93. The van der Waals surface area contributed by atoms with Gasteiger partial charge in [-0.25, -0.2) is 0 Å². The van der Waals surface area contributed by atoms with E-state index >= 15 is 0 Å². The Bertz CT molecular complexity index is 2630. The number of hydrogen-bond acceptors (Lipinski definition) is 14. The Labute approximate surface area is 439 Å². The number of aryl methyl sites for hydroxylation is 1. The maximum Gasteiger partial charge on any atom is 0.131 e. The summed E-state index contributed by atoms with van der Waals surface area (Å²) >= 11 is 0.